The van der Waals surface area contributed by atoms with Crippen LogP contribution in [-0.4, -0.2) is 11.2 Å². The van der Waals surface area contributed by atoms with Crippen molar-refractivity contribution < 1.29 is 4.79 Å². The summed E-state index contributed by atoms with van der Waals surface area (Å²) in [6.45, 7) is 3.88. The normalized spacial score (nSPS) is 16.4. The summed E-state index contributed by atoms with van der Waals surface area (Å²) >= 11 is 1.97. The van der Waals surface area contributed by atoms with E-state index in [0.29, 0.717) is 0 Å². The largest absolute Gasteiger partial charge is 0.322 e. The molecular formula is C17H23NOS. The van der Waals surface area contributed by atoms with Crippen LogP contribution in [0.5, 0.6) is 0 Å². The topological polar surface area (TPSA) is 29.1 Å². The van der Waals surface area contributed by atoms with E-state index in [1.165, 1.54) is 30.6 Å². The SMILES string of the molecule is CC/C=C(/C)C(=O)Nc1ccc(SC2CCCC2)cc1. The molecule has 0 unspecified atom stereocenters. The van der Waals surface area contributed by atoms with Crippen molar-refractivity contribution in [3.8, 4) is 0 Å². The van der Waals surface area contributed by atoms with Gasteiger partial charge in [-0.3, -0.25) is 4.79 Å². The fraction of sp³-hybridized carbons (Fsp3) is 0.471. The summed E-state index contributed by atoms with van der Waals surface area (Å²) in [5, 5.41) is 3.71. The van der Waals surface area contributed by atoms with Crippen LogP contribution in [0, 0.1) is 0 Å². The van der Waals surface area contributed by atoms with Gasteiger partial charge >= 0.3 is 0 Å². The van der Waals surface area contributed by atoms with E-state index in [4.69, 9.17) is 0 Å². The van der Waals surface area contributed by atoms with Gasteiger partial charge in [0.25, 0.3) is 5.91 Å². The highest BCUT2D eigenvalue weighted by molar-refractivity contribution is 8.00. The van der Waals surface area contributed by atoms with Crippen molar-refractivity contribution in [3.63, 3.8) is 0 Å². The summed E-state index contributed by atoms with van der Waals surface area (Å²) < 4.78 is 0. The molecule has 0 radical (unpaired) electrons. The van der Waals surface area contributed by atoms with Crippen molar-refractivity contribution in [1.29, 1.82) is 0 Å². The fourth-order valence-electron chi connectivity index (χ4n) is 2.44. The van der Waals surface area contributed by atoms with Gasteiger partial charge in [-0.1, -0.05) is 25.8 Å². The lowest BCUT2D eigenvalue weighted by molar-refractivity contribution is -0.112. The lowest BCUT2D eigenvalue weighted by atomic mass is 10.2. The Labute approximate surface area is 126 Å². The van der Waals surface area contributed by atoms with Crippen LogP contribution in [0.25, 0.3) is 0 Å². The maximum atomic E-state index is 11.9. The molecule has 1 saturated carbocycles. The summed E-state index contributed by atoms with van der Waals surface area (Å²) in [6, 6.07) is 8.21. The fourth-order valence-corrected chi connectivity index (χ4v) is 3.69. The lowest BCUT2D eigenvalue weighted by Gasteiger charge is -2.10. The highest BCUT2D eigenvalue weighted by atomic mass is 32.2. The van der Waals surface area contributed by atoms with E-state index in [2.05, 4.69) is 17.4 Å². The van der Waals surface area contributed by atoms with Gasteiger partial charge in [-0.15, -0.1) is 11.8 Å². The van der Waals surface area contributed by atoms with E-state index < -0.39 is 0 Å². The molecule has 0 atom stereocenters. The average Bonchev–Trinajstić information content (AvgIpc) is 2.94. The zero-order chi connectivity index (χ0) is 14.4. The van der Waals surface area contributed by atoms with Gasteiger partial charge in [0.1, 0.15) is 0 Å². The number of hydrogen-bond acceptors (Lipinski definition) is 2. The first-order valence-electron chi connectivity index (χ1n) is 7.44. The van der Waals surface area contributed by atoms with Gasteiger partial charge in [0.05, 0.1) is 0 Å². The molecule has 0 aromatic heterocycles. The van der Waals surface area contributed by atoms with Crippen LogP contribution >= 0.6 is 11.8 Å². The molecule has 0 saturated heterocycles. The van der Waals surface area contributed by atoms with E-state index in [0.717, 1.165) is 22.9 Å². The third-order valence-electron chi connectivity index (χ3n) is 3.59. The third-order valence-corrected chi connectivity index (χ3v) is 4.93. The van der Waals surface area contributed by atoms with E-state index in [-0.39, 0.29) is 5.91 Å². The molecule has 0 spiro atoms. The number of allylic oxidation sites excluding steroid dienone is 1. The average molecular weight is 289 g/mol. The van der Waals surface area contributed by atoms with Crippen LogP contribution in [0.2, 0.25) is 0 Å². The quantitative estimate of drug-likeness (QED) is 0.771. The first-order valence-corrected chi connectivity index (χ1v) is 8.32. The first-order chi connectivity index (χ1) is 9.69. The molecule has 1 fully saturated rings. The Morgan fingerprint density at radius 2 is 1.95 bits per heavy atom. The maximum Gasteiger partial charge on any atom is 0.250 e. The monoisotopic (exact) mass is 289 g/mol. The summed E-state index contributed by atoms with van der Waals surface area (Å²) in [7, 11) is 0. The van der Waals surface area contributed by atoms with Crippen LogP contribution < -0.4 is 5.32 Å². The van der Waals surface area contributed by atoms with Gasteiger partial charge in [-0.05, 0) is 50.5 Å². The van der Waals surface area contributed by atoms with E-state index in [9.17, 15) is 4.79 Å². The Balaban J connectivity index is 1.90. The zero-order valence-corrected chi connectivity index (χ0v) is 13.1. The first kappa shape index (κ1) is 15.2. The molecule has 1 aromatic rings. The van der Waals surface area contributed by atoms with E-state index in [1.54, 1.807) is 0 Å². The summed E-state index contributed by atoms with van der Waals surface area (Å²) in [5.74, 6) is -0.0111. The predicted molar refractivity (Wildman–Crippen MR) is 87.2 cm³/mol. The Hall–Kier alpha value is -1.22. The number of benzene rings is 1. The van der Waals surface area contributed by atoms with E-state index in [1.807, 2.05) is 43.8 Å². The van der Waals surface area contributed by atoms with Gasteiger partial charge in [-0.2, -0.15) is 0 Å². The van der Waals surface area contributed by atoms with Crippen molar-refractivity contribution in [1.82, 2.24) is 0 Å². The summed E-state index contributed by atoms with van der Waals surface area (Å²) in [4.78, 5) is 13.2. The van der Waals surface area contributed by atoms with Gasteiger partial charge in [0.2, 0.25) is 0 Å². The van der Waals surface area contributed by atoms with Crippen molar-refractivity contribution in [3.05, 3.63) is 35.9 Å². The highest BCUT2D eigenvalue weighted by Gasteiger charge is 2.15. The summed E-state index contributed by atoms with van der Waals surface area (Å²) in [6.07, 6.45) is 8.24. The molecule has 20 heavy (non-hydrogen) atoms. The minimum atomic E-state index is -0.0111. The number of carbonyl (C=O) groups is 1. The molecule has 1 aliphatic rings. The van der Waals surface area contributed by atoms with Crippen molar-refractivity contribution in [2.45, 2.75) is 56.1 Å². The Morgan fingerprint density at radius 3 is 2.55 bits per heavy atom. The smallest absolute Gasteiger partial charge is 0.250 e. The number of thioether (sulfide) groups is 1. The number of amides is 1. The van der Waals surface area contributed by atoms with Crippen molar-refractivity contribution >= 4 is 23.4 Å². The number of nitrogens with one attached hydrogen (secondary N) is 1. The molecular weight excluding hydrogens is 266 g/mol. The van der Waals surface area contributed by atoms with E-state index >= 15 is 0 Å². The Morgan fingerprint density at radius 1 is 1.30 bits per heavy atom. The molecule has 0 heterocycles. The van der Waals surface area contributed by atoms with Gasteiger partial charge in [-0.25, -0.2) is 0 Å². The minimum absolute atomic E-state index is 0.0111. The molecule has 1 aliphatic carbocycles. The Kier molecular flexibility index (Phi) is 5.72. The standard InChI is InChI=1S/C17H23NOS/c1-3-6-13(2)17(19)18-14-9-11-16(12-10-14)20-15-7-4-5-8-15/h6,9-12,15H,3-5,7-8H2,1-2H3,(H,18,19)/b13-6-. The number of anilines is 1. The second-order valence-electron chi connectivity index (χ2n) is 5.30. The second-order valence-corrected chi connectivity index (χ2v) is 6.67. The van der Waals surface area contributed by atoms with Gasteiger partial charge in [0, 0.05) is 21.4 Å². The number of hydrogen-bond donors (Lipinski definition) is 1. The molecule has 0 aliphatic heterocycles. The lowest BCUT2D eigenvalue weighted by Crippen LogP contribution is -2.12. The molecule has 0 bridgehead atoms. The molecule has 1 amide bonds. The highest BCUT2D eigenvalue weighted by Crippen LogP contribution is 2.34. The Bertz CT molecular complexity index is 472. The van der Waals surface area contributed by atoms with Crippen molar-refractivity contribution in [2.24, 2.45) is 0 Å². The predicted octanol–water partition coefficient (Wildman–Crippen LogP) is 5.02. The van der Waals surface area contributed by atoms with Crippen LogP contribution in [0.1, 0.15) is 46.0 Å². The number of rotatable bonds is 5. The maximum absolute atomic E-state index is 11.9. The summed E-state index contributed by atoms with van der Waals surface area (Å²) in [5.41, 5.74) is 1.64. The van der Waals surface area contributed by atoms with Crippen LogP contribution in [-0.2, 0) is 4.79 Å². The number of carbonyl (C=O) groups excluding carboxylic acids is 1. The molecule has 3 heteroatoms. The second kappa shape index (κ2) is 7.53. The molecule has 108 valence electrons. The van der Waals surface area contributed by atoms with Crippen LogP contribution in [0.4, 0.5) is 5.69 Å². The zero-order valence-electron chi connectivity index (χ0n) is 12.3. The van der Waals surface area contributed by atoms with Crippen LogP contribution in [0.3, 0.4) is 0 Å². The molecule has 2 rings (SSSR count). The minimum Gasteiger partial charge on any atom is -0.322 e. The third kappa shape index (κ3) is 4.41. The molecule has 1 aromatic carbocycles. The van der Waals surface area contributed by atoms with Gasteiger partial charge < -0.3 is 5.32 Å². The molecule has 2 nitrogen and oxygen atoms in total. The van der Waals surface area contributed by atoms with Crippen LogP contribution in [0.15, 0.2) is 40.8 Å². The molecule has 1 N–H and O–H groups in total. The van der Waals surface area contributed by atoms with Gasteiger partial charge in [0.15, 0.2) is 0 Å². The van der Waals surface area contributed by atoms with Crippen molar-refractivity contribution in [2.75, 3.05) is 5.32 Å².